The van der Waals surface area contributed by atoms with E-state index in [1.807, 2.05) is 0 Å². The molecule has 2 aromatic carbocycles. The first kappa shape index (κ1) is 16.3. The molecule has 7 nitrogen and oxygen atoms in total. The van der Waals surface area contributed by atoms with Gasteiger partial charge in [0.1, 0.15) is 5.69 Å². The molecular weight excluding hydrogens is 353 g/mol. The van der Waals surface area contributed by atoms with E-state index in [-0.39, 0.29) is 26.3 Å². The normalized spacial score (nSPS) is 11.2. The number of hydrogen-bond donors (Lipinski definition) is 2. The van der Waals surface area contributed by atoms with Crippen molar-refractivity contribution >= 4 is 50.3 Å². The van der Waals surface area contributed by atoms with Crippen molar-refractivity contribution in [2.45, 2.75) is 4.90 Å². The van der Waals surface area contributed by atoms with E-state index in [0.29, 0.717) is 0 Å². The van der Waals surface area contributed by atoms with Crippen LogP contribution in [0.2, 0.25) is 10.0 Å². The number of nitrogens with one attached hydrogen (secondary N) is 1. The van der Waals surface area contributed by atoms with Crippen LogP contribution in [0.25, 0.3) is 0 Å². The molecule has 0 saturated carbocycles. The highest BCUT2D eigenvalue weighted by atomic mass is 35.5. The van der Waals surface area contributed by atoms with Crippen molar-refractivity contribution in [3.8, 4) is 0 Å². The SMILES string of the molecule is Nc1ccc(NS(=O)(=O)c2cc(Cl)cc(Cl)c2)cc1[N+](=O)[O-]. The fraction of sp³-hybridized carbons (Fsp3) is 0. The highest BCUT2D eigenvalue weighted by Gasteiger charge is 2.18. The van der Waals surface area contributed by atoms with Crippen LogP contribution in [0, 0.1) is 10.1 Å². The summed E-state index contributed by atoms with van der Waals surface area (Å²) in [6.07, 6.45) is 0. The number of hydrogen-bond acceptors (Lipinski definition) is 5. The summed E-state index contributed by atoms with van der Waals surface area (Å²) >= 11 is 11.5. The number of nitro benzene ring substituents is 1. The van der Waals surface area contributed by atoms with Crippen molar-refractivity contribution in [2.24, 2.45) is 0 Å². The minimum absolute atomic E-state index is 0.00278. The van der Waals surface area contributed by atoms with Gasteiger partial charge in [0, 0.05) is 16.1 Å². The molecule has 0 aliphatic rings. The molecule has 0 heterocycles. The Kier molecular flexibility index (Phi) is 4.45. The Bertz CT molecular complexity index is 835. The van der Waals surface area contributed by atoms with Gasteiger partial charge in [0.15, 0.2) is 0 Å². The van der Waals surface area contributed by atoms with Gasteiger partial charge in [0.25, 0.3) is 15.7 Å². The predicted octanol–water partition coefficient (Wildman–Crippen LogP) is 3.28. The molecule has 0 amide bonds. The third-order valence-electron chi connectivity index (χ3n) is 2.63. The summed E-state index contributed by atoms with van der Waals surface area (Å²) in [5.74, 6) is 0. The summed E-state index contributed by atoms with van der Waals surface area (Å²) < 4.78 is 26.7. The van der Waals surface area contributed by atoms with Crippen LogP contribution in [0.15, 0.2) is 41.3 Å². The monoisotopic (exact) mass is 361 g/mol. The minimum Gasteiger partial charge on any atom is -0.393 e. The number of nitrogens with zero attached hydrogens (tertiary/aromatic N) is 1. The summed E-state index contributed by atoms with van der Waals surface area (Å²) in [4.78, 5) is 9.94. The van der Waals surface area contributed by atoms with Crippen molar-refractivity contribution in [3.05, 3.63) is 56.6 Å². The molecule has 2 rings (SSSR count). The summed E-state index contributed by atoms with van der Waals surface area (Å²) in [5.41, 5.74) is 4.98. The number of sulfonamides is 1. The van der Waals surface area contributed by atoms with Crippen LogP contribution in [0.4, 0.5) is 17.1 Å². The maximum atomic E-state index is 12.2. The van der Waals surface area contributed by atoms with Gasteiger partial charge in [0.05, 0.1) is 15.5 Å². The number of nitrogen functional groups attached to an aromatic ring is 1. The molecule has 2 aromatic rings. The van der Waals surface area contributed by atoms with Crippen molar-refractivity contribution in [1.29, 1.82) is 0 Å². The third-order valence-corrected chi connectivity index (χ3v) is 4.42. The van der Waals surface area contributed by atoms with Gasteiger partial charge in [0.2, 0.25) is 0 Å². The largest absolute Gasteiger partial charge is 0.393 e. The second-order valence-corrected chi connectivity index (χ2v) is 6.80. The van der Waals surface area contributed by atoms with Gasteiger partial charge in [-0.2, -0.15) is 0 Å². The van der Waals surface area contributed by atoms with E-state index in [1.165, 1.54) is 30.3 Å². The van der Waals surface area contributed by atoms with Gasteiger partial charge in [-0.1, -0.05) is 23.2 Å². The minimum atomic E-state index is -4.00. The third kappa shape index (κ3) is 3.59. The lowest BCUT2D eigenvalue weighted by atomic mass is 10.2. The molecule has 0 fully saturated rings. The smallest absolute Gasteiger partial charge is 0.294 e. The lowest BCUT2D eigenvalue weighted by Gasteiger charge is -2.09. The zero-order valence-electron chi connectivity index (χ0n) is 10.8. The molecule has 0 aliphatic heterocycles. The van der Waals surface area contributed by atoms with E-state index < -0.39 is 20.6 Å². The Balaban J connectivity index is 2.41. The van der Waals surface area contributed by atoms with Gasteiger partial charge in [-0.05, 0) is 30.3 Å². The topological polar surface area (TPSA) is 115 Å². The van der Waals surface area contributed by atoms with E-state index in [9.17, 15) is 18.5 Å². The van der Waals surface area contributed by atoms with Crippen LogP contribution in [-0.2, 0) is 10.0 Å². The molecule has 116 valence electrons. The Hall–Kier alpha value is -2.03. The number of anilines is 2. The van der Waals surface area contributed by atoms with E-state index in [1.54, 1.807) is 0 Å². The van der Waals surface area contributed by atoms with Gasteiger partial charge < -0.3 is 5.73 Å². The van der Waals surface area contributed by atoms with E-state index >= 15 is 0 Å². The Labute approximate surface area is 135 Å². The maximum absolute atomic E-state index is 12.2. The average molecular weight is 362 g/mol. The second kappa shape index (κ2) is 5.99. The van der Waals surface area contributed by atoms with Crippen LogP contribution in [0.1, 0.15) is 0 Å². The summed E-state index contributed by atoms with van der Waals surface area (Å²) in [6.45, 7) is 0. The van der Waals surface area contributed by atoms with Crippen LogP contribution < -0.4 is 10.5 Å². The number of benzene rings is 2. The predicted molar refractivity (Wildman–Crippen MR) is 84.8 cm³/mol. The van der Waals surface area contributed by atoms with Crippen molar-refractivity contribution in [3.63, 3.8) is 0 Å². The molecule has 22 heavy (non-hydrogen) atoms. The Morgan fingerprint density at radius 1 is 1.09 bits per heavy atom. The highest BCUT2D eigenvalue weighted by Crippen LogP contribution is 2.28. The van der Waals surface area contributed by atoms with Gasteiger partial charge in [-0.15, -0.1) is 0 Å². The molecule has 3 N–H and O–H groups in total. The molecule has 0 unspecified atom stereocenters. The number of nitro groups is 1. The van der Waals surface area contributed by atoms with Crippen molar-refractivity contribution < 1.29 is 13.3 Å². The number of nitrogens with two attached hydrogens (primary N) is 1. The fourth-order valence-corrected chi connectivity index (χ4v) is 3.44. The van der Waals surface area contributed by atoms with E-state index in [2.05, 4.69) is 4.72 Å². The second-order valence-electron chi connectivity index (χ2n) is 4.24. The first-order chi connectivity index (χ1) is 10.2. The quantitative estimate of drug-likeness (QED) is 0.492. The average Bonchev–Trinajstić information content (AvgIpc) is 2.39. The Morgan fingerprint density at radius 3 is 2.23 bits per heavy atom. The van der Waals surface area contributed by atoms with Crippen LogP contribution in [0.3, 0.4) is 0 Å². The first-order valence-electron chi connectivity index (χ1n) is 5.72. The van der Waals surface area contributed by atoms with E-state index in [4.69, 9.17) is 28.9 Å². The van der Waals surface area contributed by atoms with Crippen molar-refractivity contribution in [1.82, 2.24) is 0 Å². The highest BCUT2D eigenvalue weighted by molar-refractivity contribution is 7.92. The lowest BCUT2D eigenvalue weighted by molar-refractivity contribution is -0.383. The maximum Gasteiger partial charge on any atom is 0.294 e. The summed E-state index contributed by atoms with van der Waals surface area (Å²) in [6, 6.07) is 7.38. The standard InChI is InChI=1S/C12H9Cl2N3O4S/c13-7-3-8(14)5-10(4-7)22(20,21)16-9-1-2-11(15)12(6-9)17(18)19/h1-6,16H,15H2. The number of halogens is 2. The molecule has 0 aliphatic carbocycles. The summed E-state index contributed by atoms with van der Waals surface area (Å²) in [7, 11) is -4.00. The fourth-order valence-electron chi connectivity index (χ4n) is 1.66. The molecule has 0 saturated heterocycles. The lowest BCUT2D eigenvalue weighted by Crippen LogP contribution is -2.13. The van der Waals surface area contributed by atoms with Crippen LogP contribution in [-0.4, -0.2) is 13.3 Å². The Morgan fingerprint density at radius 2 is 1.68 bits per heavy atom. The van der Waals surface area contributed by atoms with Gasteiger partial charge in [-0.3, -0.25) is 14.8 Å². The molecule has 0 radical (unpaired) electrons. The van der Waals surface area contributed by atoms with Crippen LogP contribution >= 0.6 is 23.2 Å². The zero-order chi connectivity index (χ0) is 16.5. The van der Waals surface area contributed by atoms with Gasteiger partial charge in [-0.25, -0.2) is 8.42 Å². The van der Waals surface area contributed by atoms with E-state index in [0.717, 1.165) is 6.07 Å². The van der Waals surface area contributed by atoms with Crippen molar-refractivity contribution in [2.75, 3.05) is 10.5 Å². The molecule has 0 atom stereocenters. The first-order valence-corrected chi connectivity index (χ1v) is 7.96. The van der Waals surface area contributed by atoms with Gasteiger partial charge >= 0.3 is 0 Å². The van der Waals surface area contributed by atoms with Crippen LogP contribution in [0.5, 0.6) is 0 Å². The molecule has 10 heteroatoms. The zero-order valence-corrected chi connectivity index (χ0v) is 13.1. The molecule has 0 bridgehead atoms. The molecular formula is C12H9Cl2N3O4S. The number of rotatable bonds is 4. The summed E-state index contributed by atoms with van der Waals surface area (Å²) in [5, 5.41) is 11.1. The molecule has 0 spiro atoms. The molecule has 0 aromatic heterocycles.